The van der Waals surface area contributed by atoms with Crippen LogP contribution >= 0.6 is 0 Å². The third-order valence-electron chi connectivity index (χ3n) is 3.57. The molecule has 2 aliphatic carbocycles. The van der Waals surface area contributed by atoms with Crippen molar-refractivity contribution in [3.05, 3.63) is 0 Å². The van der Waals surface area contributed by atoms with Crippen molar-refractivity contribution < 1.29 is 14.3 Å². The number of hydrogen-bond donors (Lipinski definition) is 1. The maximum atomic E-state index is 11.6. The fourth-order valence-corrected chi connectivity index (χ4v) is 2.72. The smallest absolute Gasteiger partial charge is 0.307 e. The topological polar surface area (TPSA) is 55.4 Å². The molecule has 0 saturated heterocycles. The molecule has 15 heavy (non-hydrogen) atoms. The summed E-state index contributed by atoms with van der Waals surface area (Å²) in [6.07, 6.45) is 3.96. The number of amides is 1. The van der Waals surface area contributed by atoms with Crippen molar-refractivity contribution in [1.29, 1.82) is 0 Å². The number of rotatable bonds is 4. The molecular formula is C11H17NO3. The highest BCUT2D eigenvalue weighted by molar-refractivity contribution is 5.82. The highest BCUT2D eigenvalue weighted by Gasteiger charge is 2.56. The lowest BCUT2D eigenvalue weighted by atomic mass is 10.1. The highest BCUT2D eigenvalue weighted by Crippen LogP contribution is 2.57. The third-order valence-corrected chi connectivity index (χ3v) is 3.57. The van der Waals surface area contributed by atoms with Gasteiger partial charge in [-0.25, -0.2) is 0 Å². The molecule has 2 atom stereocenters. The van der Waals surface area contributed by atoms with Gasteiger partial charge in [-0.3, -0.25) is 9.59 Å². The van der Waals surface area contributed by atoms with Gasteiger partial charge in [0, 0.05) is 12.5 Å². The van der Waals surface area contributed by atoms with E-state index in [-0.39, 0.29) is 24.2 Å². The van der Waals surface area contributed by atoms with Crippen LogP contribution in [0.25, 0.3) is 0 Å². The minimum absolute atomic E-state index is 0.133. The summed E-state index contributed by atoms with van der Waals surface area (Å²) >= 11 is 0. The van der Waals surface area contributed by atoms with E-state index in [1.54, 1.807) is 0 Å². The van der Waals surface area contributed by atoms with Crippen LogP contribution in [0.5, 0.6) is 0 Å². The van der Waals surface area contributed by atoms with E-state index in [1.807, 2.05) is 0 Å². The molecule has 0 aromatic carbocycles. The molecule has 2 fully saturated rings. The van der Waals surface area contributed by atoms with Crippen LogP contribution in [0.3, 0.4) is 0 Å². The fourth-order valence-electron chi connectivity index (χ4n) is 2.72. The first-order valence-electron chi connectivity index (χ1n) is 5.58. The van der Waals surface area contributed by atoms with E-state index in [1.165, 1.54) is 26.4 Å². The van der Waals surface area contributed by atoms with Gasteiger partial charge in [0.15, 0.2) is 0 Å². The molecule has 0 aliphatic heterocycles. The Hall–Kier alpha value is -1.06. The number of ether oxygens (including phenoxy) is 1. The molecule has 0 heterocycles. The van der Waals surface area contributed by atoms with Gasteiger partial charge in [0.2, 0.25) is 5.91 Å². The van der Waals surface area contributed by atoms with E-state index in [0.29, 0.717) is 18.4 Å². The summed E-state index contributed by atoms with van der Waals surface area (Å²) in [7, 11) is 1.36. The standard InChI is InChI=1S/C11H17NO3/c1-15-9(13)5-6-12-11(14)10-7-3-2-4-8(7)10/h7-8,10H,2-6H2,1H3,(H,12,14). The Kier molecular flexibility index (Phi) is 2.93. The number of carbonyl (C=O) groups is 2. The van der Waals surface area contributed by atoms with Crippen LogP contribution in [-0.2, 0) is 14.3 Å². The molecule has 2 rings (SSSR count). The Morgan fingerprint density at radius 1 is 1.33 bits per heavy atom. The minimum Gasteiger partial charge on any atom is -0.469 e. The molecule has 1 amide bonds. The number of nitrogens with one attached hydrogen (secondary N) is 1. The molecule has 1 N–H and O–H groups in total. The minimum atomic E-state index is -0.272. The number of hydrogen-bond acceptors (Lipinski definition) is 3. The maximum Gasteiger partial charge on any atom is 0.307 e. The molecule has 2 unspecified atom stereocenters. The van der Waals surface area contributed by atoms with Crippen molar-refractivity contribution in [2.75, 3.05) is 13.7 Å². The van der Waals surface area contributed by atoms with Gasteiger partial charge in [-0.05, 0) is 24.7 Å². The molecule has 2 saturated carbocycles. The lowest BCUT2D eigenvalue weighted by Gasteiger charge is -2.05. The van der Waals surface area contributed by atoms with E-state index in [9.17, 15) is 9.59 Å². The Labute approximate surface area is 89.4 Å². The van der Waals surface area contributed by atoms with Gasteiger partial charge in [0.25, 0.3) is 0 Å². The summed E-state index contributed by atoms with van der Waals surface area (Å²) in [6, 6.07) is 0. The highest BCUT2D eigenvalue weighted by atomic mass is 16.5. The van der Waals surface area contributed by atoms with Crippen LogP contribution in [0.2, 0.25) is 0 Å². The first-order valence-corrected chi connectivity index (χ1v) is 5.58. The van der Waals surface area contributed by atoms with E-state index in [4.69, 9.17) is 0 Å². The van der Waals surface area contributed by atoms with Crippen LogP contribution in [0.1, 0.15) is 25.7 Å². The molecule has 0 spiro atoms. The maximum absolute atomic E-state index is 11.6. The molecule has 4 nitrogen and oxygen atoms in total. The Morgan fingerprint density at radius 3 is 2.60 bits per heavy atom. The number of fused-ring (bicyclic) bond motifs is 1. The first-order chi connectivity index (χ1) is 7.24. The van der Waals surface area contributed by atoms with Crippen LogP contribution in [0.15, 0.2) is 0 Å². The van der Waals surface area contributed by atoms with Crippen LogP contribution in [0, 0.1) is 17.8 Å². The second kappa shape index (κ2) is 4.21. The lowest BCUT2D eigenvalue weighted by Crippen LogP contribution is -2.29. The van der Waals surface area contributed by atoms with E-state index >= 15 is 0 Å². The molecule has 84 valence electrons. The Balaban J connectivity index is 1.64. The van der Waals surface area contributed by atoms with Gasteiger partial charge >= 0.3 is 5.97 Å². The summed E-state index contributed by atoms with van der Waals surface area (Å²) in [5, 5.41) is 2.80. The van der Waals surface area contributed by atoms with Crippen molar-refractivity contribution in [2.24, 2.45) is 17.8 Å². The van der Waals surface area contributed by atoms with E-state index in [2.05, 4.69) is 10.1 Å². The molecule has 4 heteroatoms. The van der Waals surface area contributed by atoms with Crippen LogP contribution < -0.4 is 5.32 Å². The molecule has 0 aromatic rings. The summed E-state index contributed by atoms with van der Waals surface area (Å²) in [5.41, 5.74) is 0. The summed E-state index contributed by atoms with van der Waals surface area (Å²) in [4.78, 5) is 22.4. The zero-order valence-corrected chi connectivity index (χ0v) is 8.99. The SMILES string of the molecule is COC(=O)CCNC(=O)C1C2CCCC21. The van der Waals surface area contributed by atoms with Crippen molar-refractivity contribution in [3.63, 3.8) is 0 Å². The average molecular weight is 211 g/mol. The van der Waals surface area contributed by atoms with Gasteiger partial charge in [-0.15, -0.1) is 0 Å². The monoisotopic (exact) mass is 211 g/mol. The van der Waals surface area contributed by atoms with E-state index < -0.39 is 0 Å². The van der Waals surface area contributed by atoms with Crippen molar-refractivity contribution >= 4 is 11.9 Å². The Morgan fingerprint density at radius 2 is 2.00 bits per heavy atom. The predicted molar refractivity (Wildman–Crippen MR) is 54.0 cm³/mol. The molecule has 0 bridgehead atoms. The van der Waals surface area contributed by atoms with Crippen molar-refractivity contribution in [2.45, 2.75) is 25.7 Å². The van der Waals surface area contributed by atoms with Crippen molar-refractivity contribution in [1.82, 2.24) is 5.32 Å². The molecule has 2 aliphatic rings. The zero-order valence-electron chi connectivity index (χ0n) is 8.99. The summed E-state index contributed by atoms with van der Waals surface area (Å²) in [5.74, 6) is 1.39. The zero-order chi connectivity index (χ0) is 10.8. The van der Waals surface area contributed by atoms with Gasteiger partial charge in [0.1, 0.15) is 0 Å². The van der Waals surface area contributed by atoms with Gasteiger partial charge < -0.3 is 10.1 Å². The van der Waals surface area contributed by atoms with Crippen LogP contribution in [-0.4, -0.2) is 25.5 Å². The van der Waals surface area contributed by atoms with Crippen molar-refractivity contribution in [3.8, 4) is 0 Å². The normalized spacial score (nSPS) is 31.9. The first kappa shape index (κ1) is 10.5. The second-order valence-electron chi connectivity index (χ2n) is 4.40. The van der Waals surface area contributed by atoms with Gasteiger partial charge in [-0.1, -0.05) is 6.42 Å². The summed E-state index contributed by atoms with van der Waals surface area (Å²) < 4.78 is 4.49. The quantitative estimate of drug-likeness (QED) is 0.697. The van der Waals surface area contributed by atoms with Crippen LogP contribution in [0.4, 0.5) is 0 Å². The lowest BCUT2D eigenvalue weighted by molar-refractivity contribution is -0.140. The third kappa shape index (κ3) is 2.13. The average Bonchev–Trinajstić information content (AvgIpc) is 2.72. The van der Waals surface area contributed by atoms with Gasteiger partial charge in [-0.2, -0.15) is 0 Å². The molecule has 0 aromatic heterocycles. The van der Waals surface area contributed by atoms with Gasteiger partial charge in [0.05, 0.1) is 13.5 Å². The predicted octanol–water partition coefficient (Wildman–Crippen LogP) is 0.712. The number of carbonyl (C=O) groups excluding carboxylic acids is 2. The summed E-state index contributed by atoms with van der Waals surface area (Å²) in [6.45, 7) is 0.404. The fraction of sp³-hybridized carbons (Fsp3) is 0.818. The Bertz CT molecular complexity index is 267. The number of methoxy groups -OCH3 is 1. The number of esters is 1. The molecular weight excluding hydrogens is 194 g/mol. The molecule has 0 radical (unpaired) electrons. The largest absolute Gasteiger partial charge is 0.469 e. The second-order valence-corrected chi connectivity index (χ2v) is 4.40. The van der Waals surface area contributed by atoms with E-state index in [0.717, 1.165) is 0 Å².